The highest BCUT2D eigenvalue weighted by atomic mass is 79.9. The van der Waals surface area contributed by atoms with Crippen LogP contribution in [0, 0.1) is 5.41 Å². The van der Waals surface area contributed by atoms with Crippen LogP contribution in [0.1, 0.15) is 49.9 Å². The number of nitrogens with one attached hydrogen (secondary N) is 1. The van der Waals surface area contributed by atoms with E-state index in [2.05, 4.69) is 35.1 Å². The molecular formula is C15H20BrNO2. The average molecular weight is 326 g/mol. The maximum absolute atomic E-state index is 10.9. The zero-order chi connectivity index (χ0) is 14.0. The van der Waals surface area contributed by atoms with Crippen LogP contribution >= 0.6 is 15.9 Å². The molecule has 1 atom stereocenters. The Balaban J connectivity index is 2.17. The van der Waals surface area contributed by atoms with Gasteiger partial charge in [0.05, 0.1) is 5.56 Å². The molecule has 0 aliphatic heterocycles. The van der Waals surface area contributed by atoms with Crippen LogP contribution in [0.5, 0.6) is 0 Å². The van der Waals surface area contributed by atoms with Crippen LogP contribution < -0.4 is 5.32 Å². The highest BCUT2D eigenvalue weighted by Gasteiger charge is 2.32. The first kappa shape index (κ1) is 14.4. The van der Waals surface area contributed by atoms with Gasteiger partial charge in [0.1, 0.15) is 0 Å². The highest BCUT2D eigenvalue weighted by molar-refractivity contribution is 9.10. The lowest BCUT2D eigenvalue weighted by atomic mass is 9.73. The molecule has 2 rings (SSSR count). The zero-order valence-electron chi connectivity index (χ0n) is 11.4. The fourth-order valence-electron chi connectivity index (χ4n) is 2.71. The molecular weight excluding hydrogens is 306 g/mol. The van der Waals surface area contributed by atoms with Crippen molar-refractivity contribution in [2.24, 2.45) is 5.41 Å². The summed E-state index contributed by atoms with van der Waals surface area (Å²) >= 11 is 3.45. The molecule has 0 radical (unpaired) electrons. The van der Waals surface area contributed by atoms with Gasteiger partial charge >= 0.3 is 5.97 Å². The number of hydrogen-bond acceptors (Lipinski definition) is 2. The number of aromatic carboxylic acids is 1. The standard InChI is InChI=1S/C15H20BrNO2/c1-15(2)8-4-3-5-13(15)17-12-7-6-10(14(18)19)9-11(12)16/h6-7,9,13,17H,3-5,8H2,1-2H3,(H,18,19). The normalized spacial score (nSPS) is 21.9. The summed E-state index contributed by atoms with van der Waals surface area (Å²) in [5.74, 6) is -0.898. The molecule has 1 aromatic rings. The molecule has 0 bridgehead atoms. The van der Waals surface area contributed by atoms with E-state index in [-0.39, 0.29) is 5.41 Å². The Morgan fingerprint density at radius 3 is 2.74 bits per heavy atom. The summed E-state index contributed by atoms with van der Waals surface area (Å²) in [4.78, 5) is 10.9. The molecule has 0 amide bonds. The average Bonchev–Trinajstić information content (AvgIpc) is 2.33. The summed E-state index contributed by atoms with van der Waals surface area (Å²) < 4.78 is 0.814. The van der Waals surface area contributed by atoms with Crippen molar-refractivity contribution in [2.75, 3.05) is 5.32 Å². The van der Waals surface area contributed by atoms with E-state index >= 15 is 0 Å². The molecule has 104 valence electrons. The SMILES string of the molecule is CC1(C)CCCCC1Nc1ccc(C(=O)O)cc1Br. The molecule has 1 saturated carbocycles. The highest BCUT2D eigenvalue weighted by Crippen LogP contribution is 2.38. The molecule has 0 spiro atoms. The number of hydrogen-bond donors (Lipinski definition) is 2. The second-order valence-electron chi connectivity index (χ2n) is 5.93. The Morgan fingerprint density at radius 1 is 1.42 bits per heavy atom. The van der Waals surface area contributed by atoms with Gasteiger partial charge in [-0.15, -0.1) is 0 Å². The van der Waals surface area contributed by atoms with Crippen LogP contribution in [0.3, 0.4) is 0 Å². The van der Waals surface area contributed by atoms with E-state index in [9.17, 15) is 4.79 Å². The van der Waals surface area contributed by atoms with Gasteiger partial charge in [0, 0.05) is 16.2 Å². The van der Waals surface area contributed by atoms with E-state index in [1.54, 1.807) is 12.1 Å². The quantitative estimate of drug-likeness (QED) is 0.858. The van der Waals surface area contributed by atoms with Crippen molar-refractivity contribution in [1.82, 2.24) is 0 Å². The lowest BCUT2D eigenvalue weighted by molar-refractivity contribution is 0.0697. The Morgan fingerprint density at radius 2 is 2.16 bits per heavy atom. The maximum Gasteiger partial charge on any atom is 0.335 e. The Labute approximate surface area is 122 Å². The van der Waals surface area contributed by atoms with Gasteiger partial charge in [0.2, 0.25) is 0 Å². The van der Waals surface area contributed by atoms with Crippen LogP contribution in [-0.2, 0) is 0 Å². The third-order valence-electron chi connectivity index (χ3n) is 4.05. The third kappa shape index (κ3) is 3.30. The van der Waals surface area contributed by atoms with Crippen molar-refractivity contribution in [1.29, 1.82) is 0 Å². The van der Waals surface area contributed by atoms with Crippen molar-refractivity contribution < 1.29 is 9.90 Å². The van der Waals surface area contributed by atoms with Crippen molar-refractivity contribution >= 4 is 27.6 Å². The van der Waals surface area contributed by atoms with Gasteiger partial charge in [0.25, 0.3) is 0 Å². The zero-order valence-corrected chi connectivity index (χ0v) is 13.0. The van der Waals surface area contributed by atoms with E-state index < -0.39 is 5.97 Å². The molecule has 1 unspecified atom stereocenters. The molecule has 1 aliphatic rings. The molecule has 1 aromatic carbocycles. The summed E-state index contributed by atoms with van der Waals surface area (Å²) in [5.41, 5.74) is 1.56. The number of carboxylic acids is 1. The number of benzene rings is 1. The molecule has 19 heavy (non-hydrogen) atoms. The second-order valence-corrected chi connectivity index (χ2v) is 6.79. The summed E-state index contributed by atoms with van der Waals surface area (Å²) in [5, 5.41) is 12.5. The summed E-state index contributed by atoms with van der Waals surface area (Å²) in [7, 11) is 0. The molecule has 1 fully saturated rings. The Bertz CT molecular complexity index is 485. The summed E-state index contributed by atoms with van der Waals surface area (Å²) in [6.45, 7) is 4.59. The predicted octanol–water partition coefficient (Wildman–Crippen LogP) is 4.53. The van der Waals surface area contributed by atoms with E-state index in [1.807, 2.05) is 6.07 Å². The van der Waals surface area contributed by atoms with E-state index in [1.165, 1.54) is 25.7 Å². The molecule has 4 heteroatoms. The number of carbonyl (C=O) groups is 1. The van der Waals surface area contributed by atoms with Gasteiger partial charge in [-0.1, -0.05) is 26.7 Å². The topological polar surface area (TPSA) is 49.3 Å². The van der Waals surface area contributed by atoms with Gasteiger partial charge in [-0.2, -0.15) is 0 Å². The number of rotatable bonds is 3. The van der Waals surface area contributed by atoms with Gasteiger partial charge < -0.3 is 10.4 Å². The molecule has 3 nitrogen and oxygen atoms in total. The third-order valence-corrected chi connectivity index (χ3v) is 4.71. The lowest BCUT2D eigenvalue weighted by Gasteiger charge is -2.39. The van der Waals surface area contributed by atoms with Gasteiger partial charge in [-0.05, 0) is 52.4 Å². The first-order chi connectivity index (χ1) is 8.90. The van der Waals surface area contributed by atoms with E-state index in [0.29, 0.717) is 11.6 Å². The number of anilines is 1. The van der Waals surface area contributed by atoms with Crippen molar-refractivity contribution in [2.45, 2.75) is 45.6 Å². The van der Waals surface area contributed by atoms with Crippen molar-refractivity contribution in [3.05, 3.63) is 28.2 Å². The minimum atomic E-state index is -0.898. The Hall–Kier alpha value is -1.03. The van der Waals surface area contributed by atoms with Crippen LogP contribution in [0.4, 0.5) is 5.69 Å². The minimum Gasteiger partial charge on any atom is -0.478 e. The fraction of sp³-hybridized carbons (Fsp3) is 0.533. The fourth-order valence-corrected chi connectivity index (χ4v) is 3.21. The molecule has 0 aromatic heterocycles. The summed E-state index contributed by atoms with van der Waals surface area (Å²) in [6.07, 6.45) is 4.95. The largest absolute Gasteiger partial charge is 0.478 e. The molecule has 0 saturated heterocycles. The summed E-state index contributed by atoms with van der Waals surface area (Å²) in [6, 6.07) is 5.58. The molecule has 0 heterocycles. The van der Waals surface area contributed by atoms with E-state index in [0.717, 1.165) is 10.2 Å². The van der Waals surface area contributed by atoms with Crippen molar-refractivity contribution in [3.63, 3.8) is 0 Å². The van der Waals surface area contributed by atoms with Crippen LogP contribution in [0.25, 0.3) is 0 Å². The van der Waals surface area contributed by atoms with Crippen molar-refractivity contribution in [3.8, 4) is 0 Å². The lowest BCUT2D eigenvalue weighted by Crippen LogP contribution is -2.39. The monoisotopic (exact) mass is 325 g/mol. The predicted molar refractivity (Wildman–Crippen MR) is 80.8 cm³/mol. The molecule has 1 aliphatic carbocycles. The number of halogens is 1. The van der Waals surface area contributed by atoms with E-state index in [4.69, 9.17) is 5.11 Å². The smallest absolute Gasteiger partial charge is 0.335 e. The van der Waals surface area contributed by atoms with Crippen LogP contribution in [0.2, 0.25) is 0 Å². The Kier molecular flexibility index (Phi) is 4.19. The van der Waals surface area contributed by atoms with Gasteiger partial charge in [-0.3, -0.25) is 0 Å². The van der Waals surface area contributed by atoms with Crippen LogP contribution in [0.15, 0.2) is 22.7 Å². The second kappa shape index (κ2) is 5.53. The van der Waals surface area contributed by atoms with Gasteiger partial charge in [0.15, 0.2) is 0 Å². The van der Waals surface area contributed by atoms with Gasteiger partial charge in [-0.25, -0.2) is 4.79 Å². The maximum atomic E-state index is 10.9. The molecule has 2 N–H and O–H groups in total. The minimum absolute atomic E-state index is 0.281. The number of carboxylic acid groups (broad SMARTS) is 1. The first-order valence-electron chi connectivity index (χ1n) is 6.69. The van der Waals surface area contributed by atoms with Crippen LogP contribution in [-0.4, -0.2) is 17.1 Å². The first-order valence-corrected chi connectivity index (χ1v) is 7.49.